The van der Waals surface area contributed by atoms with Crippen molar-refractivity contribution in [2.24, 2.45) is 0 Å². The molecular formula is C19H18N4OS. The summed E-state index contributed by atoms with van der Waals surface area (Å²) in [6.45, 7) is 6.60. The van der Waals surface area contributed by atoms with E-state index in [0.29, 0.717) is 6.54 Å². The smallest absolute Gasteiger partial charge is 0.137 e. The SMILES string of the molecule is Cc1ccc(CNc2ncnc3ccc(-c4sc(C)nc4C)cc23)o1. The van der Waals surface area contributed by atoms with Gasteiger partial charge in [0.25, 0.3) is 0 Å². The predicted molar refractivity (Wildman–Crippen MR) is 101 cm³/mol. The number of hydrogen-bond acceptors (Lipinski definition) is 6. The molecule has 1 aromatic carbocycles. The molecule has 0 saturated carbocycles. The van der Waals surface area contributed by atoms with Crippen LogP contribution in [0.25, 0.3) is 21.3 Å². The van der Waals surface area contributed by atoms with Gasteiger partial charge in [-0.25, -0.2) is 15.0 Å². The van der Waals surface area contributed by atoms with Crippen molar-refractivity contribution in [3.63, 3.8) is 0 Å². The fraction of sp³-hybridized carbons (Fsp3) is 0.211. The number of nitrogens with zero attached hydrogens (tertiary/aromatic N) is 3. The van der Waals surface area contributed by atoms with Crippen molar-refractivity contribution < 1.29 is 4.42 Å². The molecule has 3 heterocycles. The molecule has 0 aliphatic rings. The summed E-state index contributed by atoms with van der Waals surface area (Å²) in [6, 6.07) is 10.2. The van der Waals surface area contributed by atoms with E-state index in [9.17, 15) is 0 Å². The molecule has 4 rings (SSSR count). The van der Waals surface area contributed by atoms with Crippen LogP contribution in [-0.4, -0.2) is 15.0 Å². The minimum Gasteiger partial charge on any atom is -0.465 e. The third-order valence-corrected chi connectivity index (χ3v) is 5.15. The molecule has 0 aliphatic heterocycles. The average Bonchev–Trinajstić information content (AvgIpc) is 3.17. The number of aryl methyl sites for hydroxylation is 3. The topological polar surface area (TPSA) is 63.8 Å². The number of aromatic nitrogens is 3. The van der Waals surface area contributed by atoms with E-state index in [4.69, 9.17) is 4.42 Å². The van der Waals surface area contributed by atoms with Crippen LogP contribution in [-0.2, 0) is 6.54 Å². The molecule has 0 spiro atoms. The van der Waals surface area contributed by atoms with Crippen LogP contribution < -0.4 is 5.32 Å². The molecule has 3 aromatic heterocycles. The number of hydrogen-bond donors (Lipinski definition) is 1. The summed E-state index contributed by atoms with van der Waals surface area (Å²) in [5.74, 6) is 2.59. The Morgan fingerprint density at radius 1 is 1.08 bits per heavy atom. The Hall–Kier alpha value is -2.73. The molecule has 0 unspecified atom stereocenters. The van der Waals surface area contributed by atoms with E-state index in [0.717, 1.165) is 44.5 Å². The van der Waals surface area contributed by atoms with E-state index >= 15 is 0 Å². The van der Waals surface area contributed by atoms with Gasteiger partial charge in [-0.2, -0.15) is 0 Å². The molecule has 4 aromatic rings. The molecule has 0 radical (unpaired) electrons. The first-order chi connectivity index (χ1) is 12.1. The first-order valence-corrected chi connectivity index (χ1v) is 8.90. The van der Waals surface area contributed by atoms with E-state index in [2.05, 4.69) is 32.4 Å². The van der Waals surface area contributed by atoms with Crippen molar-refractivity contribution in [1.82, 2.24) is 15.0 Å². The van der Waals surface area contributed by atoms with Crippen LogP contribution in [0.2, 0.25) is 0 Å². The molecule has 0 fully saturated rings. The van der Waals surface area contributed by atoms with E-state index in [1.165, 1.54) is 4.88 Å². The van der Waals surface area contributed by atoms with Gasteiger partial charge in [-0.05, 0) is 50.6 Å². The van der Waals surface area contributed by atoms with E-state index in [-0.39, 0.29) is 0 Å². The van der Waals surface area contributed by atoms with Crippen LogP contribution in [0.3, 0.4) is 0 Å². The monoisotopic (exact) mass is 350 g/mol. The second-order valence-electron chi connectivity index (χ2n) is 5.97. The molecule has 0 amide bonds. The van der Waals surface area contributed by atoms with Crippen molar-refractivity contribution in [2.45, 2.75) is 27.3 Å². The maximum absolute atomic E-state index is 5.62. The standard InChI is InChI=1S/C19H18N4OS/c1-11-4-6-15(24-11)9-20-19-16-8-14(5-7-17(16)21-10-22-19)18-12(2)23-13(3)25-18/h4-8,10H,9H2,1-3H3,(H,20,21,22). The predicted octanol–water partition coefficient (Wildman–Crippen LogP) is 4.88. The lowest BCUT2D eigenvalue weighted by molar-refractivity contribution is 0.490. The Morgan fingerprint density at radius 3 is 2.68 bits per heavy atom. The summed E-state index contributed by atoms with van der Waals surface area (Å²) >= 11 is 1.71. The van der Waals surface area contributed by atoms with Crippen molar-refractivity contribution >= 4 is 28.1 Å². The highest BCUT2D eigenvalue weighted by Crippen LogP contribution is 2.33. The van der Waals surface area contributed by atoms with Gasteiger partial charge in [-0.15, -0.1) is 11.3 Å². The van der Waals surface area contributed by atoms with Crippen molar-refractivity contribution in [1.29, 1.82) is 0 Å². The highest BCUT2D eigenvalue weighted by atomic mass is 32.1. The van der Waals surface area contributed by atoms with Gasteiger partial charge in [-0.3, -0.25) is 0 Å². The number of benzene rings is 1. The average molecular weight is 350 g/mol. The van der Waals surface area contributed by atoms with E-state index in [1.54, 1.807) is 17.7 Å². The quantitative estimate of drug-likeness (QED) is 0.568. The summed E-state index contributed by atoms with van der Waals surface area (Å²) < 4.78 is 5.62. The molecule has 1 N–H and O–H groups in total. The van der Waals surface area contributed by atoms with E-state index < -0.39 is 0 Å². The number of thiazole rings is 1. The number of fused-ring (bicyclic) bond motifs is 1. The molecule has 0 atom stereocenters. The van der Waals surface area contributed by atoms with Crippen LogP contribution in [0, 0.1) is 20.8 Å². The highest BCUT2D eigenvalue weighted by Gasteiger charge is 2.11. The molecule has 0 bridgehead atoms. The second-order valence-corrected chi connectivity index (χ2v) is 7.17. The Bertz CT molecular complexity index is 1050. The Labute approximate surface area is 149 Å². The summed E-state index contributed by atoms with van der Waals surface area (Å²) in [5, 5.41) is 5.43. The van der Waals surface area contributed by atoms with Crippen LogP contribution in [0.1, 0.15) is 22.2 Å². The number of anilines is 1. The second kappa shape index (κ2) is 6.29. The largest absolute Gasteiger partial charge is 0.465 e. The van der Waals surface area contributed by atoms with Crippen molar-refractivity contribution in [2.75, 3.05) is 5.32 Å². The zero-order valence-electron chi connectivity index (χ0n) is 14.3. The normalized spacial score (nSPS) is 11.2. The third kappa shape index (κ3) is 3.13. The number of furan rings is 1. The van der Waals surface area contributed by atoms with Crippen LogP contribution in [0.4, 0.5) is 5.82 Å². The Morgan fingerprint density at radius 2 is 1.96 bits per heavy atom. The molecular weight excluding hydrogens is 332 g/mol. The van der Waals surface area contributed by atoms with Crippen LogP contribution in [0.5, 0.6) is 0 Å². The summed E-state index contributed by atoms with van der Waals surface area (Å²) in [5.41, 5.74) is 3.11. The van der Waals surface area contributed by atoms with Gasteiger partial charge in [0.1, 0.15) is 23.7 Å². The van der Waals surface area contributed by atoms with Gasteiger partial charge in [-0.1, -0.05) is 6.07 Å². The third-order valence-electron chi connectivity index (χ3n) is 4.03. The van der Waals surface area contributed by atoms with Crippen molar-refractivity contribution in [3.05, 3.63) is 58.9 Å². The molecule has 0 saturated heterocycles. The Kier molecular flexibility index (Phi) is 3.97. The molecule has 126 valence electrons. The van der Waals surface area contributed by atoms with Gasteiger partial charge in [0.15, 0.2) is 0 Å². The number of rotatable bonds is 4. The van der Waals surface area contributed by atoms with Gasteiger partial charge in [0, 0.05) is 5.39 Å². The highest BCUT2D eigenvalue weighted by molar-refractivity contribution is 7.15. The zero-order valence-corrected chi connectivity index (χ0v) is 15.1. The molecule has 5 nitrogen and oxygen atoms in total. The first-order valence-electron chi connectivity index (χ1n) is 8.08. The van der Waals surface area contributed by atoms with Gasteiger partial charge < -0.3 is 9.73 Å². The molecule has 25 heavy (non-hydrogen) atoms. The fourth-order valence-corrected chi connectivity index (χ4v) is 3.81. The van der Waals surface area contributed by atoms with Crippen LogP contribution >= 0.6 is 11.3 Å². The lowest BCUT2D eigenvalue weighted by Gasteiger charge is -2.08. The summed E-state index contributed by atoms with van der Waals surface area (Å²) in [6.07, 6.45) is 1.58. The van der Waals surface area contributed by atoms with Crippen molar-refractivity contribution in [3.8, 4) is 10.4 Å². The zero-order chi connectivity index (χ0) is 17.4. The van der Waals surface area contributed by atoms with Crippen LogP contribution in [0.15, 0.2) is 41.1 Å². The Balaban J connectivity index is 1.71. The lowest BCUT2D eigenvalue weighted by Crippen LogP contribution is -2.01. The number of nitrogens with one attached hydrogen (secondary N) is 1. The molecule has 6 heteroatoms. The minimum absolute atomic E-state index is 0.586. The maximum Gasteiger partial charge on any atom is 0.137 e. The van der Waals surface area contributed by atoms with Gasteiger partial charge in [0.05, 0.1) is 27.6 Å². The first kappa shape index (κ1) is 15.8. The lowest BCUT2D eigenvalue weighted by atomic mass is 10.1. The maximum atomic E-state index is 5.62. The fourth-order valence-electron chi connectivity index (χ4n) is 2.89. The molecule has 0 aliphatic carbocycles. The van der Waals surface area contributed by atoms with Gasteiger partial charge >= 0.3 is 0 Å². The van der Waals surface area contributed by atoms with Gasteiger partial charge in [0.2, 0.25) is 0 Å². The van der Waals surface area contributed by atoms with E-state index in [1.807, 2.05) is 39.0 Å². The summed E-state index contributed by atoms with van der Waals surface area (Å²) in [7, 11) is 0. The minimum atomic E-state index is 0.586. The summed E-state index contributed by atoms with van der Waals surface area (Å²) in [4.78, 5) is 14.5.